The first kappa shape index (κ1) is 18.2. The van der Waals surface area contributed by atoms with Crippen LogP contribution in [0.2, 0.25) is 0 Å². The van der Waals surface area contributed by atoms with Crippen molar-refractivity contribution in [2.45, 2.75) is 32.6 Å². The maximum atomic E-state index is 12.3. The van der Waals surface area contributed by atoms with Gasteiger partial charge in [-0.05, 0) is 38.0 Å². The van der Waals surface area contributed by atoms with E-state index in [0.717, 1.165) is 11.1 Å². The molecule has 0 bridgehead atoms. The molecular weight excluding hydrogens is 312 g/mol. The smallest absolute Gasteiger partial charge is 0.333 e. The van der Waals surface area contributed by atoms with Gasteiger partial charge in [0.05, 0.1) is 21.3 Å². The van der Waals surface area contributed by atoms with Crippen LogP contribution in [0.4, 0.5) is 0 Å². The van der Waals surface area contributed by atoms with E-state index in [-0.39, 0.29) is 17.8 Å². The molecule has 1 saturated carbocycles. The van der Waals surface area contributed by atoms with Gasteiger partial charge in [-0.1, -0.05) is 17.7 Å². The molecule has 2 atom stereocenters. The molecule has 0 spiro atoms. The van der Waals surface area contributed by atoms with Crippen LogP contribution >= 0.6 is 0 Å². The first-order valence-electron chi connectivity index (χ1n) is 7.92. The predicted octanol–water partition coefficient (Wildman–Crippen LogP) is 2.18. The SMILES string of the molecule is C=C1CC(C(=O)OC)=C(C)C[C@@H]2CC(C(=O)OC)(C(=O)OC)C[C@H]12. The van der Waals surface area contributed by atoms with Crippen LogP contribution in [0, 0.1) is 17.3 Å². The summed E-state index contributed by atoms with van der Waals surface area (Å²) in [6.07, 6.45) is 1.65. The highest BCUT2D eigenvalue weighted by Crippen LogP contribution is 2.54. The molecule has 0 N–H and O–H groups in total. The van der Waals surface area contributed by atoms with Crippen molar-refractivity contribution in [2.24, 2.45) is 17.3 Å². The third-order valence-corrected chi connectivity index (χ3v) is 5.34. The standard InChI is InChI=1S/C18H24O6/c1-10-6-12-8-18(16(20)23-4,17(21)24-5)9-14(12)11(2)7-13(10)15(19)22-3/h12,14H,2,6-9H2,1,3-5H3/t12-,14-/m1/s1. The Bertz CT molecular complexity index is 599. The molecule has 0 aromatic heterocycles. The number of rotatable bonds is 3. The number of methoxy groups -OCH3 is 3. The van der Waals surface area contributed by atoms with Crippen molar-refractivity contribution in [3.8, 4) is 0 Å². The molecule has 2 aliphatic carbocycles. The molecule has 0 aromatic carbocycles. The third kappa shape index (κ3) is 2.85. The normalized spacial score (nSPS) is 25.6. The van der Waals surface area contributed by atoms with Gasteiger partial charge in [0.2, 0.25) is 0 Å². The summed E-state index contributed by atoms with van der Waals surface area (Å²) >= 11 is 0. The van der Waals surface area contributed by atoms with Gasteiger partial charge < -0.3 is 14.2 Å². The largest absolute Gasteiger partial charge is 0.468 e. The predicted molar refractivity (Wildman–Crippen MR) is 85.8 cm³/mol. The molecule has 24 heavy (non-hydrogen) atoms. The summed E-state index contributed by atoms with van der Waals surface area (Å²) in [6, 6.07) is 0. The molecule has 0 amide bonds. The van der Waals surface area contributed by atoms with E-state index in [9.17, 15) is 14.4 Å². The van der Waals surface area contributed by atoms with E-state index in [4.69, 9.17) is 14.2 Å². The first-order valence-corrected chi connectivity index (χ1v) is 7.92. The minimum absolute atomic E-state index is 0.0397. The van der Waals surface area contributed by atoms with Crippen molar-refractivity contribution in [2.75, 3.05) is 21.3 Å². The van der Waals surface area contributed by atoms with Crippen molar-refractivity contribution in [1.29, 1.82) is 0 Å². The second kappa shape index (κ2) is 6.79. The Hall–Kier alpha value is -2.11. The van der Waals surface area contributed by atoms with Gasteiger partial charge in [0, 0.05) is 12.0 Å². The number of allylic oxidation sites excluding steroid dienone is 2. The lowest BCUT2D eigenvalue weighted by molar-refractivity contribution is -0.169. The fourth-order valence-electron chi connectivity index (χ4n) is 4.11. The number of carbonyl (C=O) groups excluding carboxylic acids is 3. The van der Waals surface area contributed by atoms with Crippen LogP contribution in [0.3, 0.4) is 0 Å². The van der Waals surface area contributed by atoms with Crippen LogP contribution in [-0.4, -0.2) is 39.2 Å². The number of ether oxygens (including phenoxy) is 3. The number of hydrogen-bond acceptors (Lipinski definition) is 6. The molecule has 6 heteroatoms. The Morgan fingerprint density at radius 3 is 2.12 bits per heavy atom. The van der Waals surface area contributed by atoms with Gasteiger partial charge in [-0.15, -0.1) is 0 Å². The lowest BCUT2D eigenvalue weighted by atomic mass is 9.83. The van der Waals surface area contributed by atoms with Crippen molar-refractivity contribution in [3.63, 3.8) is 0 Å². The minimum atomic E-state index is -1.29. The quantitative estimate of drug-likeness (QED) is 0.340. The summed E-state index contributed by atoms with van der Waals surface area (Å²) in [5.74, 6) is -1.48. The Labute approximate surface area is 141 Å². The molecule has 1 fully saturated rings. The zero-order chi connectivity index (χ0) is 18.1. The van der Waals surface area contributed by atoms with Gasteiger partial charge in [0.1, 0.15) is 0 Å². The van der Waals surface area contributed by atoms with Crippen molar-refractivity contribution in [1.82, 2.24) is 0 Å². The summed E-state index contributed by atoms with van der Waals surface area (Å²) in [5, 5.41) is 0. The fourth-order valence-corrected chi connectivity index (χ4v) is 4.11. The molecule has 0 saturated heterocycles. The van der Waals surface area contributed by atoms with Gasteiger partial charge in [-0.3, -0.25) is 9.59 Å². The van der Waals surface area contributed by atoms with E-state index in [2.05, 4.69) is 6.58 Å². The minimum Gasteiger partial charge on any atom is -0.468 e. The molecule has 132 valence electrons. The van der Waals surface area contributed by atoms with Crippen LogP contribution in [0.5, 0.6) is 0 Å². The lowest BCUT2D eigenvalue weighted by Gasteiger charge is -2.24. The van der Waals surface area contributed by atoms with Crippen molar-refractivity contribution < 1.29 is 28.6 Å². The average molecular weight is 336 g/mol. The summed E-state index contributed by atoms with van der Waals surface area (Å²) in [5.41, 5.74) is 1.09. The Morgan fingerprint density at radius 2 is 1.62 bits per heavy atom. The van der Waals surface area contributed by atoms with E-state index in [1.807, 2.05) is 6.92 Å². The number of carbonyl (C=O) groups is 3. The fraction of sp³-hybridized carbons (Fsp3) is 0.611. The lowest BCUT2D eigenvalue weighted by Crippen LogP contribution is -2.39. The van der Waals surface area contributed by atoms with E-state index >= 15 is 0 Å². The highest BCUT2D eigenvalue weighted by molar-refractivity contribution is 6.00. The molecule has 0 heterocycles. The summed E-state index contributed by atoms with van der Waals surface area (Å²) in [4.78, 5) is 36.6. The molecular formula is C18H24O6. The summed E-state index contributed by atoms with van der Waals surface area (Å²) in [7, 11) is 3.91. The molecule has 2 rings (SSSR count). The summed E-state index contributed by atoms with van der Waals surface area (Å²) < 4.78 is 14.6. The molecule has 0 aromatic rings. The monoisotopic (exact) mass is 336 g/mol. The number of esters is 3. The maximum Gasteiger partial charge on any atom is 0.333 e. The molecule has 2 aliphatic rings. The van der Waals surface area contributed by atoms with E-state index in [1.165, 1.54) is 21.3 Å². The molecule has 0 radical (unpaired) electrons. The number of hydrogen-bond donors (Lipinski definition) is 0. The first-order chi connectivity index (χ1) is 11.3. The van der Waals surface area contributed by atoms with Gasteiger partial charge in [-0.25, -0.2) is 4.79 Å². The molecule has 0 unspecified atom stereocenters. The molecule has 6 nitrogen and oxygen atoms in total. The van der Waals surface area contributed by atoms with Gasteiger partial charge in [-0.2, -0.15) is 0 Å². The molecule has 0 aliphatic heterocycles. The summed E-state index contributed by atoms with van der Waals surface area (Å²) in [6.45, 7) is 6.00. The maximum absolute atomic E-state index is 12.3. The topological polar surface area (TPSA) is 78.9 Å². The Morgan fingerprint density at radius 1 is 1.04 bits per heavy atom. The van der Waals surface area contributed by atoms with E-state index in [1.54, 1.807) is 0 Å². The van der Waals surface area contributed by atoms with Crippen molar-refractivity contribution in [3.05, 3.63) is 23.3 Å². The van der Waals surface area contributed by atoms with Gasteiger partial charge in [0.15, 0.2) is 5.41 Å². The van der Waals surface area contributed by atoms with Crippen molar-refractivity contribution >= 4 is 17.9 Å². The van der Waals surface area contributed by atoms with E-state index in [0.29, 0.717) is 31.3 Å². The zero-order valence-corrected chi connectivity index (χ0v) is 14.6. The second-order valence-corrected chi connectivity index (χ2v) is 6.63. The van der Waals surface area contributed by atoms with Crippen LogP contribution in [0.25, 0.3) is 0 Å². The van der Waals surface area contributed by atoms with Gasteiger partial charge >= 0.3 is 17.9 Å². The van der Waals surface area contributed by atoms with E-state index < -0.39 is 17.4 Å². The zero-order valence-electron chi connectivity index (χ0n) is 14.6. The Kier molecular flexibility index (Phi) is 5.16. The Balaban J connectivity index is 2.38. The van der Waals surface area contributed by atoms with Gasteiger partial charge in [0.25, 0.3) is 0 Å². The highest BCUT2D eigenvalue weighted by atomic mass is 16.5. The highest BCUT2D eigenvalue weighted by Gasteiger charge is 2.58. The van der Waals surface area contributed by atoms with Crippen LogP contribution in [0.1, 0.15) is 32.6 Å². The van der Waals surface area contributed by atoms with Crippen LogP contribution < -0.4 is 0 Å². The average Bonchev–Trinajstić information content (AvgIpc) is 2.92. The number of fused-ring (bicyclic) bond motifs is 1. The van der Waals surface area contributed by atoms with Crippen LogP contribution in [0.15, 0.2) is 23.3 Å². The second-order valence-electron chi connectivity index (χ2n) is 6.63. The van der Waals surface area contributed by atoms with Crippen LogP contribution in [-0.2, 0) is 28.6 Å². The third-order valence-electron chi connectivity index (χ3n) is 5.34.